The van der Waals surface area contributed by atoms with Crippen LogP contribution in [0.3, 0.4) is 0 Å². The van der Waals surface area contributed by atoms with E-state index in [1.807, 2.05) is 61.5 Å². The van der Waals surface area contributed by atoms with E-state index in [-0.39, 0.29) is 10.8 Å². The van der Waals surface area contributed by atoms with Gasteiger partial charge in [-0.1, -0.05) is 82.3 Å². The molecule has 0 radical (unpaired) electrons. The van der Waals surface area contributed by atoms with Crippen LogP contribution >= 0.6 is 7.37 Å². The zero-order valence-electron chi connectivity index (χ0n) is 21.4. The lowest BCUT2D eigenvalue weighted by molar-refractivity contribution is 0.332. The molecule has 34 heavy (non-hydrogen) atoms. The molecule has 0 N–H and O–H groups in total. The van der Waals surface area contributed by atoms with Crippen LogP contribution in [0.2, 0.25) is 0 Å². The molecule has 1 aliphatic rings. The molecule has 178 valence electrons. The molecule has 2 nitrogen and oxygen atoms in total. The highest BCUT2D eigenvalue weighted by atomic mass is 31.2. The molecule has 0 spiro atoms. The highest BCUT2D eigenvalue weighted by molar-refractivity contribution is 7.74. The number of fused-ring (bicyclic) bond motifs is 1. The standard InChI is InChI=1S/C31H37O2P/c1-7-33-34(32,26-11-9-8-10-12-26)27-16-13-24(14-17-27)21-23(2)25-15-18-28-29(22-25)31(5,6)20-19-30(28,3)4/h8-18,21-22H,7,19-20H2,1-6H3. The van der Waals surface area contributed by atoms with Crippen LogP contribution < -0.4 is 10.6 Å². The first-order valence-corrected chi connectivity index (χ1v) is 13.9. The molecule has 3 aromatic rings. The molecule has 0 amide bonds. The van der Waals surface area contributed by atoms with Crippen molar-refractivity contribution >= 4 is 29.6 Å². The summed E-state index contributed by atoms with van der Waals surface area (Å²) in [7, 11) is -3.10. The minimum Gasteiger partial charge on any atom is -0.322 e. The third-order valence-electron chi connectivity index (χ3n) is 7.33. The Labute approximate surface area is 205 Å². The van der Waals surface area contributed by atoms with Gasteiger partial charge in [-0.15, -0.1) is 0 Å². The highest BCUT2D eigenvalue weighted by Crippen LogP contribution is 2.47. The largest absolute Gasteiger partial charge is 0.322 e. The zero-order chi connectivity index (χ0) is 24.6. The van der Waals surface area contributed by atoms with Gasteiger partial charge in [-0.2, -0.15) is 0 Å². The second-order valence-electron chi connectivity index (χ2n) is 10.8. The van der Waals surface area contributed by atoms with Crippen molar-refractivity contribution in [1.82, 2.24) is 0 Å². The Morgan fingerprint density at radius 2 is 1.44 bits per heavy atom. The van der Waals surface area contributed by atoms with E-state index in [1.165, 1.54) is 35.1 Å². The molecule has 0 saturated carbocycles. The Hall–Kier alpha value is -2.41. The van der Waals surface area contributed by atoms with Crippen molar-refractivity contribution in [1.29, 1.82) is 0 Å². The third-order valence-corrected chi connectivity index (χ3v) is 9.91. The maximum Gasteiger partial charge on any atom is 0.261 e. The van der Waals surface area contributed by atoms with E-state index in [0.717, 1.165) is 16.2 Å². The van der Waals surface area contributed by atoms with Gasteiger partial charge in [0.2, 0.25) is 0 Å². The summed E-state index contributed by atoms with van der Waals surface area (Å²) in [5.41, 5.74) is 6.96. The van der Waals surface area contributed by atoms with Crippen LogP contribution in [0.4, 0.5) is 0 Å². The molecule has 3 aromatic carbocycles. The van der Waals surface area contributed by atoms with Crippen molar-refractivity contribution in [2.24, 2.45) is 0 Å². The molecule has 0 bridgehead atoms. The Balaban J connectivity index is 1.65. The van der Waals surface area contributed by atoms with Crippen molar-refractivity contribution in [2.45, 2.75) is 65.2 Å². The molecular formula is C31H37O2P. The van der Waals surface area contributed by atoms with Crippen molar-refractivity contribution < 1.29 is 9.09 Å². The number of benzene rings is 3. The van der Waals surface area contributed by atoms with E-state index in [2.05, 4.69) is 58.9 Å². The lowest BCUT2D eigenvalue weighted by Gasteiger charge is -2.42. The van der Waals surface area contributed by atoms with Crippen LogP contribution in [0.5, 0.6) is 0 Å². The summed E-state index contributed by atoms with van der Waals surface area (Å²) in [4.78, 5) is 0. The SMILES string of the molecule is CCOP(=O)(c1ccccc1)c1ccc(C=C(C)c2ccc3c(c2)C(C)(C)CCC3(C)C)cc1. The van der Waals surface area contributed by atoms with Crippen LogP contribution in [-0.4, -0.2) is 6.61 Å². The number of hydrogen-bond acceptors (Lipinski definition) is 2. The number of hydrogen-bond donors (Lipinski definition) is 0. The lowest BCUT2D eigenvalue weighted by atomic mass is 9.63. The van der Waals surface area contributed by atoms with Gasteiger partial charge in [-0.3, -0.25) is 4.57 Å². The van der Waals surface area contributed by atoms with Gasteiger partial charge in [0.15, 0.2) is 0 Å². The summed E-state index contributed by atoms with van der Waals surface area (Å²) < 4.78 is 19.6. The Kier molecular flexibility index (Phi) is 6.78. The maximum absolute atomic E-state index is 13.8. The Morgan fingerprint density at radius 1 is 0.853 bits per heavy atom. The van der Waals surface area contributed by atoms with E-state index >= 15 is 0 Å². The maximum atomic E-state index is 13.8. The number of allylic oxidation sites excluding steroid dienone is 1. The Bertz CT molecular complexity index is 1230. The van der Waals surface area contributed by atoms with Crippen LogP contribution in [0.15, 0.2) is 72.8 Å². The fraction of sp³-hybridized carbons (Fsp3) is 0.355. The fourth-order valence-electron chi connectivity index (χ4n) is 5.04. The predicted molar refractivity (Wildman–Crippen MR) is 147 cm³/mol. The lowest BCUT2D eigenvalue weighted by Crippen LogP contribution is -2.33. The summed E-state index contributed by atoms with van der Waals surface area (Å²) in [6, 6.07) is 24.5. The first-order chi connectivity index (χ1) is 16.1. The second kappa shape index (κ2) is 9.33. The smallest absolute Gasteiger partial charge is 0.261 e. The predicted octanol–water partition coefficient (Wildman–Crippen LogP) is 7.86. The summed E-state index contributed by atoms with van der Waals surface area (Å²) in [6.45, 7) is 13.9. The minimum absolute atomic E-state index is 0.195. The molecule has 0 fully saturated rings. The van der Waals surface area contributed by atoms with E-state index in [4.69, 9.17) is 4.52 Å². The van der Waals surface area contributed by atoms with Gasteiger partial charge in [0.05, 0.1) is 6.61 Å². The zero-order valence-corrected chi connectivity index (χ0v) is 22.3. The van der Waals surface area contributed by atoms with Gasteiger partial charge in [-0.25, -0.2) is 0 Å². The molecule has 4 rings (SSSR count). The van der Waals surface area contributed by atoms with Crippen molar-refractivity contribution in [3.63, 3.8) is 0 Å². The molecule has 3 heteroatoms. The van der Waals surface area contributed by atoms with Gasteiger partial charge < -0.3 is 4.52 Å². The third kappa shape index (κ3) is 4.72. The van der Waals surface area contributed by atoms with Gasteiger partial charge in [-0.05, 0) is 89.6 Å². The average Bonchev–Trinajstić information content (AvgIpc) is 2.83. The van der Waals surface area contributed by atoms with Crippen LogP contribution in [0.1, 0.15) is 76.6 Å². The topological polar surface area (TPSA) is 26.3 Å². The molecule has 0 aliphatic heterocycles. The molecule has 1 unspecified atom stereocenters. The van der Waals surface area contributed by atoms with Crippen LogP contribution in [0, 0.1) is 0 Å². The Morgan fingerprint density at radius 3 is 2.06 bits per heavy atom. The first-order valence-electron chi connectivity index (χ1n) is 12.3. The van der Waals surface area contributed by atoms with Gasteiger partial charge in [0.1, 0.15) is 0 Å². The van der Waals surface area contributed by atoms with E-state index < -0.39 is 7.37 Å². The van der Waals surface area contributed by atoms with Crippen LogP contribution in [0.25, 0.3) is 11.6 Å². The monoisotopic (exact) mass is 472 g/mol. The van der Waals surface area contributed by atoms with E-state index in [1.54, 1.807) is 0 Å². The molecule has 0 aromatic heterocycles. The van der Waals surface area contributed by atoms with Gasteiger partial charge in [0.25, 0.3) is 7.37 Å². The van der Waals surface area contributed by atoms with Gasteiger partial charge >= 0.3 is 0 Å². The quantitative estimate of drug-likeness (QED) is 0.270. The molecular weight excluding hydrogens is 435 g/mol. The summed E-state index contributed by atoms with van der Waals surface area (Å²) in [5, 5.41) is 1.46. The highest BCUT2D eigenvalue weighted by Gasteiger charge is 2.37. The van der Waals surface area contributed by atoms with E-state index in [0.29, 0.717) is 6.61 Å². The molecule has 1 atom stereocenters. The summed E-state index contributed by atoms with van der Waals surface area (Å²) in [5.74, 6) is 0. The average molecular weight is 473 g/mol. The van der Waals surface area contributed by atoms with Gasteiger partial charge in [0, 0.05) is 10.6 Å². The molecule has 0 heterocycles. The minimum atomic E-state index is -3.10. The normalized spacial score (nSPS) is 18.7. The van der Waals surface area contributed by atoms with Crippen LogP contribution in [-0.2, 0) is 19.9 Å². The molecule has 1 aliphatic carbocycles. The van der Waals surface area contributed by atoms with Crippen molar-refractivity contribution in [3.8, 4) is 0 Å². The fourth-order valence-corrected chi connectivity index (χ4v) is 7.10. The van der Waals surface area contributed by atoms with Crippen molar-refractivity contribution in [3.05, 3.63) is 95.1 Å². The van der Waals surface area contributed by atoms with E-state index in [9.17, 15) is 4.57 Å². The molecule has 0 saturated heterocycles. The van der Waals surface area contributed by atoms with Crippen molar-refractivity contribution in [2.75, 3.05) is 6.61 Å². The summed E-state index contributed by atoms with van der Waals surface area (Å²) >= 11 is 0. The summed E-state index contributed by atoms with van der Waals surface area (Å²) in [6.07, 6.45) is 4.64. The second-order valence-corrected chi connectivity index (χ2v) is 13.1. The first kappa shape index (κ1) is 24.7. The number of rotatable bonds is 6.